The van der Waals surface area contributed by atoms with E-state index in [1.165, 1.54) is 6.07 Å². The molecule has 0 fully saturated rings. The Morgan fingerprint density at radius 2 is 1.89 bits per heavy atom. The van der Waals surface area contributed by atoms with Gasteiger partial charge in [-0.15, -0.1) is 0 Å². The van der Waals surface area contributed by atoms with Crippen LogP contribution in [0.3, 0.4) is 0 Å². The third-order valence-corrected chi connectivity index (χ3v) is 5.53. The minimum Gasteiger partial charge on any atom is -0.457 e. The van der Waals surface area contributed by atoms with Crippen LogP contribution < -0.4 is 4.74 Å². The van der Waals surface area contributed by atoms with Gasteiger partial charge in [0.1, 0.15) is 17.3 Å². The lowest BCUT2D eigenvalue weighted by Crippen LogP contribution is -2.50. The normalized spacial score (nSPS) is 26.4. The molecule has 2 aliphatic carbocycles. The minimum absolute atomic E-state index is 0.0209. The fourth-order valence-electron chi connectivity index (χ4n) is 4.14. The molecule has 2 aromatic carbocycles. The fraction of sp³-hybridized carbons (Fsp3) is 0.350. The van der Waals surface area contributed by atoms with Crippen molar-refractivity contribution in [2.24, 2.45) is 0 Å². The lowest BCUT2D eigenvalue weighted by Gasteiger charge is -2.38. The zero-order valence-corrected chi connectivity index (χ0v) is 14.6. The summed E-state index contributed by atoms with van der Waals surface area (Å²) in [7, 11) is 0. The molecule has 0 aliphatic heterocycles. The molecular formula is C20H14F5NO2. The van der Waals surface area contributed by atoms with Crippen LogP contribution in [0, 0.1) is 17.1 Å². The molecule has 0 spiro atoms. The number of rotatable bonds is 2. The molecule has 8 heteroatoms. The number of ether oxygens (including phenoxy) is 1. The molecule has 0 saturated heterocycles. The number of halogens is 5. The Morgan fingerprint density at radius 3 is 2.57 bits per heavy atom. The summed E-state index contributed by atoms with van der Waals surface area (Å²) < 4.78 is 77.0. The van der Waals surface area contributed by atoms with Gasteiger partial charge in [0.15, 0.2) is 5.60 Å². The van der Waals surface area contributed by atoms with Gasteiger partial charge in [-0.2, -0.15) is 22.8 Å². The summed E-state index contributed by atoms with van der Waals surface area (Å²) in [6, 6.07) is 6.90. The Kier molecular flexibility index (Phi) is 3.79. The molecule has 2 aromatic rings. The largest absolute Gasteiger partial charge is 0.457 e. The number of nitrogens with zero attached hydrogens (tertiary/aromatic N) is 1. The SMILES string of the molecule is C[C@@H]1CC[C@@]2(O)c3c(ccc(Oc4cc(F)cc(C#N)c4)c31)C(F)(F)C2(F)F. The lowest BCUT2D eigenvalue weighted by atomic mass is 9.74. The van der Waals surface area contributed by atoms with Gasteiger partial charge in [-0.3, -0.25) is 0 Å². The van der Waals surface area contributed by atoms with Crippen molar-refractivity contribution >= 4 is 0 Å². The van der Waals surface area contributed by atoms with E-state index in [0.717, 1.165) is 24.3 Å². The summed E-state index contributed by atoms with van der Waals surface area (Å²) >= 11 is 0. The number of nitriles is 1. The van der Waals surface area contributed by atoms with Crippen molar-refractivity contribution in [3.8, 4) is 17.6 Å². The summed E-state index contributed by atoms with van der Waals surface area (Å²) in [6.45, 7) is 1.66. The van der Waals surface area contributed by atoms with Crippen LogP contribution in [0.5, 0.6) is 11.5 Å². The van der Waals surface area contributed by atoms with Crippen LogP contribution in [0.1, 0.15) is 47.9 Å². The highest BCUT2D eigenvalue weighted by atomic mass is 19.3. The van der Waals surface area contributed by atoms with Gasteiger partial charge >= 0.3 is 11.8 Å². The second kappa shape index (κ2) is 5.67. The average Bonchev–Trinajstić information content (AvgIpc) is 2.74. The second-order valence-corrected chi connectivity index (χ2v) is 7.24. The molecule has 3 nitrogen and oxygen atoms in total. The summed E-state index contributed by atoms with van der Waals surface area (Å²) in [6.07, 6.45) is -0.472. The van der Waals surface area contributed by atoms with Gasteiger partial charge in [0, 0.05) is 22.8 Å². The van der Waals surface area contributed by atoms with Crippen LogP contribution in [-0.2, 0) is 11.5 Å². The predicted molar refractivity (Wildman–Crippen MR) is 88.0 cm³/mol. The number of hydrogen-bond donors (Lipinski definition) is 1. The summed E-state index contributed by atoms with van der Waals surface area (Å²) in [5, 5.41) is 19.5. The van der Waals surface area contributed by atoms with Gasteiger partial charge in [-0.25, -0.2) is 4.39 Å². The van der Waals surface area contributed by atoms with Crippen molar-refractivity contribution in [1.29, 1.82) is 5.26 Å². The Bertz CT molecular complexity index is 1030. The Balaban J connectivity index is 1.91. The minimum atomic E-state index is -4.66. The van der Waals surface area contributed by atoms with Crippen LogP contribution >= 0.6 is 0 Å². The molecule has 146 valence electrons. The van der Waals surface area contributed by atoms with Crippen LogP contribution in [0.15, 0.2) is 30.3 Å². The van der Waals surface area contributed by atoms with E-state index in [2.05, 4.69) is 0 Å². The monoisotopic (exact) mass is 395 g/mol. The van der Waals surface area contributed by atoms with Gasteiger partial charge in [-0.05, 0) is 43.0 Å². The van der Waals surface area contributed by atoms with Crippen LogP contribution in [0.25, 0.3) is 0 Å². The summed E-state index contributed by atoms with van der Waals surface area (Å²) in [5.74, 6) is -10.5. The van der Waals surface area contributed by atoms with E-state index in [0.29, 0.717) is 0 Å². The van der Waals surface area contributed by atoms with Crippen molar-refractivity contribution in [1.82, 2.24) is 0 Å². The van der Waals surface area contributed by atoms with Crippen LogP contribution in [-0.4, -0.2) is 11.0 Å². The molecule has 4 rings (SSSR count). The van der Waals surface area contributed by atoms with Crippen molar-refractivity contribution in [3.05, 3.63) is 58.4 Å². The predicted octanol–water partition coefficient (Wildman–Crippen LogP) is 5.32. The fourth-order valence-corrected chi connectivity index (χ4v) is 4.14. The Hall–Kier alpha value is -2.66. The molecule has 2 aliphatic rings. The number of alkyl halides is 4. The average molecular weight is 395 g/mol. The first-order chi connectivity index (χ1) is 13.0. The van der Waals surface area contributed by atoms with E-state index in [4.69, 9.17) is 10.00 Å². The maximum Gasteiger partial charge on any atom is 0.346 e. The molecule has 0 aromatic heterocycles. The molecule has 0 saturated carbocycles. The Morgan fingerprint density at radius 1 is 1.18 bits per heavy atom. The number of benzene rings is 2. The van der Waals surface area contributed by atoms with E-state index in [9.17, 15) is 27.1 Å². The smallest absolute Gasteiger partial charge is 0.346 e. The van der Waals surface area contributed by atoms with Crippen molar-refractivity contribution < 1.29 is 31.8 Å². The first kappa shape index (κ1) is 18.7. The van der Waals surface area contributed by atoms with Crippen LogP contribution in [0.4, 0.5) is 22.0 Å². The van der Waals surface area contributed by atoms with Gasteiger partial charge in [0.2, 0.25) is 0 Å². The van der Waals surface area contributed by atoms with E-state index >= 15 is 0 Å². The highest BCUT2D eigenvalue weighted by molar-refractivity contribution is 5.59. The molecule has 1 N–H and O–H groups in total. The highest BCUT2D eigenvalue weighted by Gasteiger charge is 2.77. The van der Waals surface area contributed by atoms with Gasteiger partial charge < -0.3 is 9.84 Å². The number of aliphatic hydroxyl groups is 1. The van der Waals surface area contributed by atoms with E-state index < -0.39 is 46.7 Å². The topological polar surface area (TPSA) is 53.2 Å². The maximum absolute atomic E-state index is 14.5. The van der Waals surface area contributed by atoms with Crippen molar-refractivity contribution in [2.45, 2.75) is 43.1 Å². The molecule has 0 bridgehead atoms. The zero-order chi connectivity index (χ0) is 20.5. The van der Waals surface area contributed by atoms with E-state index in [-0.39, 0.29) is 29.0 Å². The van der Waals surface area contributed by atoms with E-state index in [1.807, 2.05) is 0 Å². The zero-order valence-electron chi connectivity index (χ0n) is 14.6. The lowest BCUT2D eigenvalue weighted by molar-refractivity contribution is -0.289. The van der Waals surface area contributed by atoms with Gasteiger partial charge in [-0.1, -0.05) is 6.92 Å². The molecular weight excluding hydrogens is 381 g/mol. The molecule has 0 unspecified atom stereocenters. The van der Waals surface area contributed by atoms with Gasteiger partial charge in [0.05, 0.1) is 11.6 Å². The quantitative estimate of drug-likeness (QED) is 0.701. The first-order valence-electron chi connectivity index (χ1n) is 8.57. The van der Waals surface area contributed by atoms with Crippen LogP contribution in [0.2, 0.25) is 0 Å². The Labute approximate surface area is 157 Å². The molecule has 0 radical (unpaired) electrons. The van der Waals surface area contributed by atoms with Gasteiger partial charge in [0.25, 0.3) is 0 Å². The molecule has 2 atom stereocenters. The molecule has 0 heterocycles. The molecule has 28 heavy (non-hydrogen) atoms. The van der Waals surface area contributed by atoms with E-state index in [1.54, 1.807) is 13.0 Å². The third kappa shape index (κ3) is 2.23. The second-order valence-electron chi connectivity index (χ2n) is 7.24. The molecule has 0 amide bonds. The summed E-state index contributed by atoms with van der Waals surface area (Å²) in [4.78, 5) is 0. The third-order valence-electron chi connectivity index (χ3n) is 5.53. The standard InChI is InChI=1S/C20H14F5NO2/c1-10-4-5-18(27)17-14(19(22,23)20(18,24)25)2-3-15(16(10)17)28-13-7-11(9-26)6-12(21)8-13/h2-3,6-8,10,27H,4-5H2,1H3/t10-,18-/m1/s1. The first-order valence-corrected chi connectivity index (χ1v) is 8.57. The van der Waals surface area contributed by atoms with Crippen molar-refractivity contribution in [2.75, 3.05) is 0 Å². The maximum atomic E-state index is 14.5. The highest BCUT2D eigenvalue weighted by Crippen LogP contribution is 2.66. The van der Waals surface area contributed by atoms with Crippen molar-refractivity contribution in [3.63, 3.8) is 0 Å². The number of hydrogen-bond acceptors (Lipinski definition) is 3. The summed E-state index contributed by atoms with van der Waals surface area (Å²) in [5.41, 5.74) is -4.42.